The van der Waals surface area contributed by atoms with Crippen molar-refractivity contribution in [1.82, 2.24) is 10.2 Å². The maximum atomic E-state index is 12.4. The Kier molecular flexibility index (Phi) is 4.87. The van der Waals surface area contributed by atoms with Crippen LogP contribution in [0, 0.1) is 13.8 Å². The molecule has 2 N–H and O–H groups in total. The zero-order chi connectivity index (χ0) is 16.4. The first kappa shape index (κ1) is 16.3. The molecule has 1 amide bonds. The molecule has 122 valence electrons. The van der Waals surface area contributed by atoms with Crippen LogP contribution < -0.4 is 10.6 Å². The highest BCUT2D eigenvalue weighted by atomic mass is 32.2. The average Bonchev–Trinajstić information content (AvgIpc) is 3.21. The van der Waals surface area contributed by atoms with E-state index >= 15 is 0 Å². The number of anilines is 2. The van der Waals surface area contributed by atoms with E-state index in [9.17, 15) is 4.79 Å². The van der Waals surface area contributed by atoms with Gasteiger partial charge in [0.05, 0.1) is 5.25 Å². The normalized spacial score (nSPS) is 15.3. The molecular formula is C16H20N4OS2. The quantitative estimate of drug-likeness (QED) is 0.776. The molecule has 1 aliphatic rings. The van der Waals surface area contributed by atoms with Gasteiger partial charge in [0.25, 0.3) is 0 Å². The van der Waals surface area contributed by atoms with Gasteiger partial charge >= 0.3 is 0 Å². The molecule has 0 saturated heterocycles. The first-order valence-electron chi connectivity index (χ1n) is 7.66. The minimum absolute atomic E-state index is 0.0145. The Balaban J connectivity index is 1.59. The van der Waals surface area contributed by atoms with Crippen molar-refractivity contribution in [2.75, 3.05) is 10.6 Å². The lowest BCUT2D eigenvalue weighted by Crippen LogP contribution is -2.23. The molecule has 7 heteroatoms. The molecular weight excluding hydrogens is 328 g/mol. The van der Waals surface area contributed by atoms with Gasteiger partial charge in [0, 0.05) is 11.7 Å². The molecule has 1 saturated carbocycles. The minimum atomic E-state index is -0.226. The van der Waals surface area contributed by atoms with E-state index in [4.69, 9.17) is 0 Å². The van der Waals surface area contributed by atoms with Crippen LogP contribution in [0.15, 0.2) is 22.5 Å². The number of thioether (sulfide) groups is 1. The third-order valence-electron chi connectivity index (χ3n) is 3.69. The molecule has 1 fully saturated rings. The zero-order valence-electron chi connectivity index (χ0n) is 13.4. The second kappa shape index (κ2) is 6.88. The number of carbonyl (C=O) groups excluding carboxylic acids is 1. The Morgan fingerprint density at radius 2 is 2.00 bits per heavy atom. The van der Waals surface area contributed by atoms with Crippen molar-refractivity contribution in [2.24, 2.45) is 0 Å². The topological polar surface area (TPSA) is 66.9 Å². The van der Waals surface area contributed by atoms with E-state index in [1.54, 1.807) is 0 Å². The standard InChI is InChI=1S/C16H20N4OS2/c1-9-5-4-6-10(2)13(9)18-14(21)11(3)22-16-20-19-15(23-16)17-12-7-8-12/h4-6,11-12H,7-8H2,1-3H3,(H,17,19)(H,18,21)/t11-/m0/s1. The van der Waals surface area contributed by atoms with E-state index in [1.165, 1.54) is 35.9 Å². The fraction of sp³-hybridized carbons (Fsp3) is 0.438. The lowest BCUT2D eigenvalue weighted by atomic mass is 10.1. The van der Waals surface area contributed by atoms with Gasteiger partial charge in [0.1, 0.15) is 0 Å². The van der Waals surface area contributed by atoms with E-state index < -0.39 is 0 Å². The number of nitrogens with one attached hydrogen (secondary N) is 2. The summed E-state index contributed by atoms with van der Waals surface area (Å²) in [6.07, 6.45) is 2.41. The molecule has 23 heavy (non-hydrogen) atoms. The van der Waals surface area contributed by atoms with Crippen LogP contribution >= 0.6 is 23.1 Å². The van der Waals surface area contributed by atoms with E-state index in [0.29, 0.717) is 6.04 Å². The molecule has 0 radical (unpaired) electrons. The summed E-state index contributed by atoms with van der Waals surface area (Å²) in [4.78, 5) is 12.4. The maximum Gasteiger partial charge on any atom is 0.237 e. The number of benzene rings is 1. The Morgan fingerprint density at radius 1 is 1.30 bits per heavy atom. The Hall–Kier alpha value is -1.60. The molecule has 0 spiro atoms. The van der Waals surface area contributed by atoms with E-state index in [1.807, 2.05) is 39.0 Å². The van der Waals surface area contributed by atoms with E-state index in [0.717, 1.165) is 26.3 Å². The van der Waals surface area contributed by atoms with Crippen molar-refractivity contribution in [3.8, 4) is 0 Å². The van der Waals surface area contributed by atoms with E-state index in [-0.39, 0.29) is 11.2 Å². The summed E-state index contributed by atoms with van der Waals surface area (Å²) in [5.41, 5.74) is 3.04. The zero-order valence-corrected chi connectivity index (χ0v) is 15.1. The van der Waals surface area contributed by atoms with Crippen LogP contribution in [0.25, 0.3) is 0 Å². The largest absolute Gasteiger partial charge is 0.357 e. The fourth-order valence-corrected chi connectivity index (χ4v) is 4.13. The van der Waals surface area contributed by atoms with E-state index in [2.05, 4.69) is 20.8 Å². The number of hydrogen-bond donors (Lipinski definition) is 2. The third-order valence-corrected chi connectivity index (χ3v) is 5.73. The number of hydrogen-bond acceptors (Lipinski definition) is 6. The number of amides is 1. The van der Waals surface area contributed by atoms with Crippen LogP contribution in [0.5, 0.6) is 0 Å². The number of rotatable bonds is 6. The van der Waals surface area contributed by atoms with Crippen molar-refractivity contribution in [3.05, 3.63) is 29.3 Å². The third kappa shape index (κ3) is 4.23. The number of para-hydroxylation sites is 1. The van der Waals surface area contributed by atoms with Crippen LogP contribution in [-0.2, 0) is 4.79 Å². The van der Waals surface area contributed by atoms with Gasteiger partial charge in [0.15, 0.2) is 4.34 Å². The summed E-state index contributed by atoms with van der Waals surface area (Å²) in [5.74, 6) is -0.0145. The molecule has 1 atom stereocenters. The molecule has 5 nitrogen and oxygen atoms in total. The van der Waals surface area contributed by atoms with Gasteiger partial charge in [-0.2, -0.15) is 0 Å². The summed E-state index contributed by atoms with van der Waals surface area (Å²) in [6.45, 7) is 5.89. The molecule has 1 aliphatic carbocycles. The lowest BCUT2D eigenvalue weighted by Gasteiger charge is -2.14. The van der Waals surface area contributed by atoms with Crippen molar-refractivity contribution in [1.29, 1.82) is 0 Å². The first-order valence-corrected chi connectivity index (χ1v) is 9.36. The van der Waals surface area contributed by atoms with Crippen molar-refractivity contribution in [2.45, 2.75) is 49.2 Å². The van der Waals surface area contributed by atoms with Gasteiger partial charge in [-0.3, -0.25) is 4.79 Å². The molecule has 0 unspecified atom stereocenters. The van der Waals surface area contributed by atoms with Gasteiger partial charge in [0.2, 0.25) is 11.0 Å². The predicted molar refractivity (Wildman–Crippen MR) is 96.4 cm³/mol. The maximum absolute atomic E-state index is 12.4. The van der Waals surface area contributed by atoms with Crippen LogP contribution in [0.3, 0.4) is 0 Å². The summed E-state index contributed by atoms with van der Waals surface area (Å²) < 4.78 is 0.817. The molecule has 1 aromatic carbocycles. The highest BCUT2D eigenvalue weighted by molar-refractivity contribution is 8.02. The highest BCUT2D eigenvalue weighted by Crippen LogP contribution is 2.32. The van der Waals surface area contributed by atoms with Crippen molar-refractivity contribution >= 4 is 39.8 Å². The smallest absolute Gasteiger partial charge is 0.237 e. The number of nitrogens with zero attached hydrogens (tertiary/aromatic N) is 2. The van der Waals surface area contributed by atoms with Crippen LogP contribution in [0.1, 0.15) is 30.9 Å². The summed E-state index contributed by atoms with van der Waals surface area (Å²) in [5, 5.41) is 15.2. The Morgan fingerprint density at radius 3 is 2.65 bits per heavy atom. The van der Waals surface area contributed by atoms with Gasteiger partial charge in [-0.25, -0.2) is 0 Å². The lowest BCUT2D eigenvalue weighted by molar-refractivity contribution is -0.115. The first-order chi connectivity index (χ1) is 11.0. The molecule has 0 aliphatic heterocycles. The fourth-order valence-electron chi connectivity index (χ4n) is 2.16. The number of carbonyl (C=O) groups is 1. The average molecular weight is 348 g/mol. The number of aromatic nitrogens is 2. The van der Waals surface area contributed by atoms with Crippen molar-refractivity contribution < 1.29 is 4.79 Å². The van der Waals surface area contributed by atoms with Gasteiger partial charge in [-0.1, -0.05) is 41.3 Å². The molecule has 1 aromatic heterocycles. The molecule has 1 heterocycles. The minimum Gasteiger partial charge on any atom is -0.357 e. The second-order valence-electron chi connectivity index (χ2n) is 5.81. The summed E-state index contributed by atoms with van der Waals surface area (Å²) in [6, 6.07) is 6.56. The van der Waals surface area contributed by atoms with Gasteiger partial charge < -0.3 is 10.6 Å². The summed E-state index contributed by atoms with van der Waals surface area (Å²) >= 11 is 2.95. The number of aryl methyl sites for hydroxylation is 2. The molecule has 0 bridgehead atoms. The van der Waals surface area contributed by atoms with Gasteiger partial charge in [-0.05, 0) is 44.7 Å². The van der Waals surface area contributed by atoms with Gasteiger partial charge in [-0.15, -0.1) is 10.2 Å². The molecule has 3 rings (SSSR count). The molecule has 2 aromatic rings. The Bertz CT molecular complexity index is 692. The Labute approximate surface area is 144 Å². The highest BCUT2D eigenvalue weighted by Gasteiger charge is 2.23. The summed E-state index contributed by atoms with van der Waals surface area (Å²) in [7, 11) is 0. The van der Waals surface area contributed by atoms with Crippen LogP contribution in [0.2, 0.25) is 0 Å². The second-order valence-corrected chi connectivity index (χ2v) is 8.37. The SMILES string of the molecule is Cc1cccc(C)c1NC(=O)[C@H](C)Sc1nnc(NC2CC2)s1. The van der Waals surface area contributed by atoms with Crippen LogP contribution in [-0.4, -0.2) is 27.4 Å². The predicted octanol–water partition coefficient (Wildman–Crippen LogP) is 3.85. The van der Waals surface area contributed by atoms with Crippen molar-refractivity contribution in [3.63, 3.8) is 0 Å². The van der Waals surface area contributed by atoms with Crippen LogP contribution in [0.4, 0.5) is 10.8 Å². The monoisotopic (exact) mass is 348 g/mol.